The predicted molar refractivity (Wildman–Crippen MR) is 77.5 cm³/mol. The Morgan fingerprint density at radius 1 is 1.05 bits per heavy atom. The van der Waals surface area contributed by atoms with Gasteiger partial charge in [-0.15, -0.1) is 0 Å². The van der Waals surface area contributed by atoms with Crippen LogP contribution in [0.4, 0.5) is 0 Å². The molecule has 2 nitrogen and oxygen atoms in total. The van der Waals surface area contributed by atoms with Crippen LogP contribution in [0.3, 0.4) is 0 Å². The number of hydrogen-bond donors (Lipinski definition) is 1. The molecule has 0 atom stereocenters. The van der Waals surface area contributed by atoms with Crippen molar-refractivity contribution in [1.29, 1.82) is 0 Å². The summed E-state index contributed by atoms with van der Waals surface area (Å²) in [6, 6.07) is 15.9. The van der Waals surface area contributed by atoms with Gasteiger partial charge in [0.15, 0.2) is 5.78 Å². The van der Waals surface area contributed by atoms with Crippen LogP contribution in [0.15, 0.2) is 54.7 Å². The van der Waals surface area contributed by atoms with Crippen LogP contribution < -0.4 is 0 Å². The summed E-state index contributed by atoms with van der Waals surface area (Å²) in [4.78, 5) is 15.6. The molecule has 0 saturated carbocycles. The number of H-pyrrole nitrogens is 1. The van der Waals surface area contributed by atoms with Gasteiger partial charge in [-0.2, -0.15) is 0 Å². The molecule has 1 heterocycles. The van der Waals surface area contributed by atoms with Gasteiger partial charge in [-0.25, -0.2) is 0 Å². The molecule has 0 aliphatic carbocycles. The van der Waals surface area contributed by atoms with Gasteiger partial charge >= 0.3 is 0 Å². The van der Waals surface area contributed by atoms with Crippen molar-refractivity contribution in [2.75, 3.05) is 0 Å². The van der Waals surface area contributed by atoms with E-state index >= 15 is 0 Å². The second-order valence-corrected chi connectivity index (χ2v) is 4.79. The van der Waals surface area contributed by atoms with Crippen LogP contribution in [-0.4, -0.2) is 10.8 Å². The fourth-order valence-electron chi connectivity index (χ4n) is 2.46. The van der Waals surface area contributed by atoms with Crippen molar-refractivity contribution >= 4 is 16.7 Å². The Bertz CT molecular complexity index is 725. The lowest BCUT2D eigenvalue weighted by atomic mass is 10.0. The maximum atomic E-state index is 12.4. The van der Waals surface area contributed by atoms with Gasteiger partial charge in [0.2, 0.25) is 0 Å². The summed E-state index contributed by atoms with van der Waals surface area (Å²) in [5.74, 6) is 0.159. The molecule has 0 amide bonds. The average Bonchev–Trinajstić information content (AvgIpc) is 2.85. The standard InChI is InChI=1S/C17H15NO/c1-12-6-5-9-15-17(12)14(11-18-15)16(19)10-13-7-3-2-4-8-13/h2-9,11,18H,10H2,1H3. The summed E-state index contributed by atoms with van der Waals surface area (Å²) in [5, 5.41) is 1.04. The zero-order chi connectivity index (χ0) is 13.2. The largest absolute Gasteiger partial charge is 0.360 e. The number of aromatic amines is 1. The summed E-state index contributed by atoms with van der Waals surface area (Å²) in [7, 11) is 0. The first-order chi connectivity index (χ1) is 9.25. The van der Waals surface area contributed by atoms with Crippen molar-refractivity contribution in [2.45, 2.75) is 13.3 Å². The third kappa shape index (κ3) is 2.17. The molecule has 0 spiro atoms. The van der Waals surface area contributed by atoms with Crippen LogP contribution in [0.25, 0.3) is 10.9 Å². The molecule has 0 saturated heterocycles. The summed E-state index contributed by atoms with van der Waals surface area (Å²) in [6.07, 6.45) is 2.27. The summed E-state index contributed by atoms with van der Waals surface area (Å²) >= 11 is 0. The second kappa shape index (κ2) is 4.73. The van der Waals surface area contributed by atoms with Gasteiger partial charge in [0, 0.05) is 29.1 Å². The maximum Gasteiger partial charge on any atom is 0.169 e. The molecule has 3 aromatic rings. The Hall–Kier alpha value is -2.35. The molecular formula is C17H15NO. The van der Waals surface area contributed by atoms with Crippen LogP contribution in [0, 0.1) is 6.92 Å². The average molecular weight is 249 g/mol. The van der Waals surface area contributed by atoms with E-state index in [1.165, 1.54) is 0 Å². The van der Waals surface area contributed by atoms with Crippen LogP contribution in [0.2, 0.25) is 0 Å². The topological polar surface area (TPSA) is 32.9 Å². The van der Waals surface area contributed by atoms with Crippen molar-refractivity contribution in [3.8, 4) is 0 Å². The van der Waals surface area contributed by atoms with E-state index in [4.69, 9.17) is 0 Å². The van der Waals surface area contributed by atoms with Crippen LogP contribution in [0.1, 0.15) is 21.5 Å². The minimum absolute atomic E-state index is 0.159. The second-order valence-electron chi connectivity index (χ2n) is 4.79. The minimum atomic E-state index is 0.159. The van der Waals surface area contributed by atoms with E-state index in [2.05, 4.69) is 4.98 Å². The number of benzene rings is 2. The van der Waals surface area contributed by atoms with E-state index in [1.54, 1.807) is 0 Å². The molecule has 0 fully saturated rings. The third-order valence-electron chi connectivity index (χ3n) is 3.42. The zero-order valence-corrected chi connectivity index (χ0v) is 10.8. The summed E-state index contributed by atoms with van der Waals surface area (Å²) < 4.78 is 0. The highest BCUT2D eigenvalue weighted by Crippen LogP contribution is 2.23. The molecule has 2 aromatic carbocycles. The molecule has 0 radical (unpaired) electrons. The number of aryl methyl sites for hydroxylation is 1. The van der Waals surface area contributed by atoms with E-state index < -0.39 is 0 Å². The van der Waals surface area contributed by atoms with Crippen LogP contribution >= 0.6 is 0 Å². The Kier molecular flexibility index (Phi) is 2.92. The van der Waals surface area contributed by atoms with Crippen LogP contribution in [-0.2, 0) is 6.42 Å². The monoisotopic (exact) mass is 249 g/mol. The lowest BCUT2D eigenvalue weighted by molar-refractivity contribution is 0.0994. The molecule has 0 aliphatic rings. The molecule has 19 heavy (non-hydrogen) atoms. The molecule has 3 rings (SSSR count). The van der Waals surface area contributed by atoms with E-state index in [0.29, 0.717) is 6.42 Å². The first-order valence-corrected chi connectivity index (χ1v) is 6.39. The smallest absolute Gasteiger partial charge is 0.169 e. The number of rotatable bonds is 3. The normalized spacial score (nSPS) is 10.8. The maximum absolute atomic E-state index is 12.4. The van der Waals surface area contributed by atoms with Crippen molar-refractivity contribution < 1.29 is 4.79 Å². The lowest BCUT2D eigenvalue weighted by Crippen LogP contribution is -2.02. The number of fused-ring (bicyclic) bond motifs is 1. The van der Waals surface area contributed by atoms with Gasteiger partial charge in [-0.05, 0) is 24.1 Å². The van der Waals surface area contributed by atoms with E-state index in [1.807, 2.05) is 61.7 Å². The highest BCUT2D eigenvalue weighted by molar-refractivity contribution is 6.09. The number of nitrogens with one attached hydrogen (secondary N) is 1. The molecule has 1 N–H and O–H groups in total. The van der Waals surface area contributed by atoms with Crippen molar-refractivity contribution in [3.63, 3.8) is 0 Å². The minimum Gasteiger partial charge on any atom is -0.360 e. The molecule has 0 unspecified atom stereocenters. The summed E-state index contributed by atoms with van der Waals surface area (Å²) in [5.41, 5.74) is 4.00. The Balaban J connectivity index is 1.99. The van der Waals surface area contributed by atoms with Gasteiger partial charge in [-0.1, -0.05) is 42.5 Å². The van der Waals surface area contributed by atoms with Gasteiger partial charge in [0.05, 0.1) is 0 Å². The van der Waals surface area contributed by atoms with Gasteiger partial charge in [0.25, 0.3) is 0 Å². The lowest BCUT2D eigenvalue weighted by Gasteiger charge is -2.02. The van der Waals surface area contributed by atoms with E-state index in [-0.39, 0.29) is 5.78 Å². The highest BCUT2D eigenvalue weighted by atomic mass is 16.1. The van der Waals surface area contributed by atoms with Gasteiger partial charge in [0.1, 0.15) is 0 Å². The Morgan fingerprint density at radius 3 is 2.63 bits per heavy atom. The first kappa shape index (κ1) is 11.7. The highest BCUT2D eigenvalue weighted by Gasteiger charge is 2.13. The molecule has 2 heteroatoms. The SMILES string of the molecule is Cc1cccc2[nH]cc(C(=O)Cc3ccccc3)c12. The Labute approximate surface area is 112 Å². The van der Waals surface area contributed by atoms with Gasteiger partial charge in [-0.3, -0.25) is 4.79 Å². The van der Waals surface area contributed by atoms with Crippen molar-refractivity contribution in [1.82, 2.24) is 4.98 Å². The van der Waals surface area contributed by atoms with E-state index in [0.717, 1.165) is 27.6 Å². The molecule has 1 aromatic heterocycles. The fraction of sp³-hybridized carbons (Fsp3) is 0.118. The van der Waals surface area contributed by atoms with Crippen LogP contribution in [0.5, 0.6) is 0 Å². The van der Waals surface area contributed by atoms with Crippen molar-refractivity contribution in [2.24, 2.45) is 0 Å². The summed E-state index contributed by atoms with van der Waals surface area (Å²) in [6.45, 7) is 2.04. The predicted octanol–water partition coefficient (Wildman–Crippen LogP) is 3.90. The van der Waals surface area contributed by atoms with Crippen molar-refractivity contribution in [3.05, 3.63) is 71.4 Å². The molecular weight excluding hydrogens is 234 g/mol. The fourth-order valence-corrected chi connectivity index (χ4v) is 2.46. The number of hydrogen-bond acceptors (Lipinski definition) is 1. The number of aromatic nitrogens is 1. The molecule has 0 aliphatic heterocycles. The number of Topliss-reactive ketones (excluding diaryl/α,β-unsaturated/α-hetero) is 1. The number of carbonyl (C=O) groups excluding carboxylic acids is 1. The van der Waals surface area contributed by atoms with E-state index in [9.17, 15) is 4.79 Å². The van der Waals surface area contributed by atoms with Gasteiger partial charge < -0.3 is 4.98 Å². The number of carbonyl (C=O) groups is 1. The zero-order valence-electron chi connectivity index (χ0n) is 10.8. The Morgan fingerprint density at radius 2 is 1.84 bits per heavy atom. The molecule has 94 valence electrons. The molecule has 0 bridgehead atoms. The first-order valence-electron chi connectivity index (χ1n) is 6.39. The third-order valence-corrected chi connectivity index (χ3v) is 3.42. The quantitative estimate of drug-likeness (QED) is 0.701. The number of ketones is 1.